The molecule has 10 nitrogen and oxygen atoms in total. The van der Waals surface area contributed by atoms with E-state index in [1.165, 1.54) is 4.90 Å². The van der Waals surface area contributed by atoms with E-state index in [0.29, 0.717) is 23.2 Å². The molecule has 1 aliphatic rings. The van der Waals surface area contributed by atoms with Crippen molar-refractivity contribution in [3.8, 4) is 0 Å². The molecule has 36 heavy (non-hydrogen) atoms. The van der Waals surface area contributed by atoms with Gasteiger partial charge in [0.05, 0.1) is 12.0 Å². The van der Waals surface area contributed by atoms with Gasteiger partial charge in [0.1, 0.15) is 11.9 Å². The number of carbonyl (C=O) groups is 3. The molecule has 0 spiro atoms. The normalized spacial score (nSPS) is 17.9. The van der Waals surface area contributed by atoms with Gasteiger partial charge in [0, 0.05) is 37.7 Å². The largest absolute Gasteiger partial charge is 0.384 e. The number of imide groups is 1. The number of halogens is 1. The number of likely N-dealkylation sites (tertiary alicyclic amines) is 1. The molecule has 0 bridgehead atoms. The number of amides is 4. The third kappa shape index (κ3) is 4.76. The monoisotopic (exact) mass is 509 g/mol. The highest BCUT2D eigenvalue weighted by atomic mass is 35.5. The van der Waals surface area contributed by atoms with Crippen molar-refractivity contribution in [3.63, 3.8) is 0 Å². The number of β-lactam (4-membered cyclic amide) rings is 1. The summed E-state index contributed by atoms with van der Waals surface area (Å²) in [5, 5.41) is 3.39. The molecule has 4 amide bonds. The second-order valence-corrected chi connectivity index (χ2v) is 9.13. The van der Waals surface area contributed by atoms with Crippen molar-refractivity contribution in [1.82, 2.24) is 24.8 Å². The van der Waals surface area contributed by atoms with E-state index < -0.39 is 35.8 Å². The number of hydrogen-bond acceptors (Lipinski definition) is 6. The van der Waals surface area contributed by atoms with Crippen LogP contribution in [0.15, 0.2) is 55.0 Å². The van der Waals surface area contributed by atoms with Gasteiger partial charge in [-0.2, -0.15) is 0 Å². The first-order valence-electron chi connectivity index (χ1n) is 11.6. The number of imidazole rings is 1. The topological polar surface area (TPSA) is 126 Å². The summed E-state index contributed by atoms with van der Waals surface area (Å²) in [6.07, 6.45) is 5.61. The fourth-order valence-electron chi connectivity index (χ4n) is 4.49. The van der Waals surface area contributed by atoms with Crippen LogP contribution in [0.5, 0.6) is 0 Å². The number of pyridine rings is 1. The lowest BCUT2D eigenvalue weighted by atomic mass is 9.81. The number of nitrogens with zero attached hydrogens (tertiary/aromatic N) is 5. The summed E-state index contributed by atoms with van der Waals surface area (Å²) < 4.78 is 1.69. The maximum absolute atomic E-state index is 13.6. The van der Waals surface area contributed by atoms with Crippen LogP contribution in [0.1, 0.15) is 30.5 Å². The minimum absolute atomic E-state index is 0.238. The summed E-state index contributed by atoms with van der Waals surface area (Å²) >= 11 is 6.34. The molecule has 3 N–H and O–H groups in total. The number of aryl methyl sites for hydroxylation is 1. The van der Waals surface area contributed by atoms with E-state index in [0.717, 1.165) is 16.0 Å². The Morgan fingerprint density at radius 1 is 1.22 bits per heavy atom. The molecule has 0 saturated carbocycles. The molecule has 0 radical (unpaired) electrons. The Morgan fingerprint density at radius 3 is 2.61 bits per heavy atom. The summed E-state index contributed by atoms with van der Waals surface area (Å²) in [5.41, 5.74) is 7.28. The fraction of sp³-hybridized carbons (Fsp3) is 0.320. The lowest BCUT2D eigenvalue weighted by Crippen LogP contribution is -2.70. The molecule has 1 aliphatic heterocycles. The number of benzene rings is 1. The Kier molecular flexibility index (Phi) is 7.25. The van der Waals surface area contributed by atoms with Crippen LogP contribution in [0.25, 0.3) is 0 Å². The highest BCUT2D eigenvalue weighted by Crippen LogP contribution is 2.33. The van der Waals surface area contributed by atoms with Crippen molar-refractivity contribution in [2.75, 3.05) is 17.7 Å². The SMILES string of the molecule is CCC(NC(=O)N1C(=O)[C@H](Cc2ccnc(N)c2)[C@H]1C(=O)N(C)c1nccn1C)c1ccccc1Cl. The minimum Gasteiger partial charge on any atom is -0.384 e. The van der Waals surface area contributed by atoms with Crippen LogP contribution in [0.2, 0.25) is 5.02 Å². The summed E-state index contributed by atoms with van der Waals surface area (Å²) in [7, 11) is 3.33. The lowest BCUT2D eigenvalue weighted by molar-refractivity contribution is -0.156. The molecule has 3 aromatic rings. The maximum atomic E-state index is 13.6. The van der Waals surface area contributed by atoms with Gasteiger partial charge >= 0.3 is 6.03 Å². The zero-order chi connectivity index (χ0) is 26.0. The number of urea groups is 1. The van der Waals surface area contributed by atoms with E-state index in [1.54, 1.807) is 61.5 Å². The van der Waals surface area contributed by atoms with Crippen molar-refractivity contribution < 1.29 is 14.4 Å². The predicted molar refractivity (Wildman–Crippen MR) is 136 cm³/mol. The quantitative estimate of drug-likeness (QED) is 0.471. The van der Waals surface area contributed by atoms with E-state index in [4.69, 9.17) is 17.3 Å². The maximum Gasteiger partial charge on any atom is 0.325 e. The van der Waals surface area contributed by atoms with Crippen molar-refractivity contribution >= 4 is 41.2 Å². The molecular weight excluding hydrogens is 482 g/mol. The standard InChI is InChI=1S/C25H28ClN7O3/c1-4-19(16-7-5-6-8-18(16)26)30-25(36)33-21(23(35)32(3)24-29-11-12-31(24)2)17(22(33)34)13-15-9-10-28-20(27)14-15/h5-12,14,17,19,21H,4,13H2,1-3H3,(H2,27,28)(H,30,36)/t17-,19?,21+/m1/s1. The Morgan fingerprint density at radius 2 is 1.97 bits per heavy atom. The van der Waals surface area contributed by atoms with Crippen molar-refractivity contribution in [1.29, 1.82) is 0 Å². The molecule has 3 atom stereocenters. The van der Waals surface area contributed by atoms with Crippen molar-refractivity contribution in [2.24, 2.45) is 13.0 Å². The Labute approximate surface area is 214 Å². The molecule has 3 heterocycles. The molecule has 0 aliphatic carbocycles. The van der Waals surface area contributed by atoms with Crippen LogP contribution in [-0.4, -0.2) is 50.4 Å². The summed E-state index contributed by atoms with van der Waals surface area (Å²) in [6, 6.07) is 8.49. The third-order valence-corrected chi connectivity index (χ3v) is 6.74. The first-order valence-corrected chi connectivity index (χ1v) is 11.9. The van der Waals surface area contributed by atoms with Gasteiger partial charge in [-0.05, 0) is 42.2 Å². The van der Waals surface area contributed by atoms with Gasteiger partial charge in [0.15, 0.2) is 0 Å². The van der Waals surface area contributed by atoms with Gasteiger partial charge in [-0.3, -0.25) is 19.4 Å². The average Bonchev–Trinajstić information content (AvgIpc) is 3.29. The van der Waals surface area contributed by atoms with E-state index >= 15 is 0 Å². The van der Waals surface area contributed by atoms with Crippen LogP contribution in [0.4, 0.5) is 16.6 Å². The molecule has 1 saturated heterocycles. The smallest absolute Gasteiger partial charge is 0.325 e. The molecule has 1 unspecified atom stereocenters. The van der Waals surface area contributed by atoms with Gasteiger partial charge in [-0.25, -0.2) is 14.8 Å². The second kappa shape index (κ2) is 10.4. The average molecular weight is 510 g/mol. The molecule has 1 aromatic carbocycles. The number of nitrogens with two attached hydrogens (primary N) is 1. The van der Waals surface area contributed by atoms with Gasteiger partial charge in [-0.1, -0.05) is 36.7 Å². The van der Waals surface area contributed by atoms with Crippen molar-refractivity contribution in [3.05, 3.63) is 71.1 Å². The van der Waals surface area contributed by atoms with Crippen LogP contribution in [0, 0.1) is 5.92 Å². The number of likely N-dealkylation sites (N-methyl/N-ethyl adjacent to an activating group) is 1. The number of carbonyl (C=O) groups excluding carboxylic acids is 3. The molecule has 11 heteroatoms. The Bertz CT molecular complexity index is 1290. The van der Waals surface area contributed by atoms with E-state index in [1.807, 2.05) is 19.1 Å². The fourth-order valence-corrected chi connectivity index (χ4v) is 4.75. The number of hydrogen-bond donors (Lipinski definition) is 2. The van der Waals surface area contributed by atoms with Gasteiger partial charge < -0.3 is 15.6 Å². The summed E-state index contributed by atoms with van der Waals surface area (Å²) in [5.74, 6) is -0.893. The molecule has 2 aromatic heterocycles. The summed E-state index contributed by atoms with van der Waals surface area (Å²) in [4.78, 5) is 50.8. The molecular formula is C25H28ClN7O3. The third-order valence-electron chi connectivity index (χ3n) is 6.40. The zero-order valence-electron chi connectivity index (χ0n) is 20.3. The van der Waals surface area contributed by atoms with Gasteiger partial charge in [0.2, 0.25) is 11.9 Å². The Balaban J connectivity index is 1.61. The van der Waals surface area contributed by atoms with E-state index in [9.17, 15) is 14.4 Å². The minimum atomic E-state index is -1.02. The summed E-state index contributed by atoms with van der Waals surface area (Å²) in [6.45, 7) is 1.90. The molecule has 188 valence electrons. The first-order chi connectivity index (χ1) is 17.2. The number of nitrogen functional groups attached to an aromatic ring is 1. The number of aromatic nitrogens is 3. The highest BCUT2D eigenvalue weighted by molar-refractivity contribution is 6.31. The van der Waals surface area contributed by atoms with Crippen LogP contribution in [-0.2, 0) is 23.1 Å². The van der Waals surface area contributed by atoms with E-state index in [2.05, 4.69) is 15.3 Å². The Hall–Kier alpha value is -3.92. The number of anilines is 2. The van der Waals surface area contributed by atoms with Crippen molar-refractivity contribution in [2.45, 2.75) is 31.8 Å². The van der Waals surface area contributed by atoms with Crippen LogP contribution < -0.4 is 16.0 Å². The second-order valence-electron chi connectivity index (χ2n) is 8.72. The number of nitrogens with one attached hydrogen (secondary N) is 1. The molecule has 1 fully saturated rings. The van der Waals surface area contributed by atoms with E-state index in [-0.39, 0.29) is 6.42 Å². The lowest BCUT2D eigenvalue weighted by Gasteiger charge is -2.45. The molecule has 4 rings (SSSR count). The predicted octanol–water partition coefficient (Wildman–Crippen LogP) is 2.94. The van der Waals surface area contributed by atoms with Gasteiger partial charge in [-0.15, -0.1) is 0 Å². The first kappa shape index (κ1) is 25.2. The zero-order valence-corrected chi connectivity index (χ0v) is 21.0. The van der Waals surface area contributed by atoms with Crippen LogP contribution >= 0.6 is 11.6 Å². The number of rotatable bonds is 7. The highest BCUT2D eigenvalue weighted by Gasteiger charge is 2.55. The van der Waals surface area contributed by atoms with Gasteiger partial charge in [0.25, 0.3) is 5.91 Å². The van der Waals surface area contributed by atoms with Crippen LogP contribution in [0.3, 0.4) is 0 Å².